The zero-order valence-electron chi connectivity index (χ0n) is 13.7. The molecule has 0 aromatic heterocycles. The maximum absolute atomic E-state index is 12.5. The molecular weight excluding hydrogens is 304 g/mol. The molecule has 0 unspecified atom stereocenters. The molecule has 5 heteroatoms. The summed E-state index contributed by atoms with van der Waals surface area (Å²) in [7, 11) is 0. The van der Waals surface area contributed by atoms with Crippen molar-refractivity contribution in [2.75, 3.05) is 18.0 Å². The van der Waals surface area contributed by atoms with Gasteiger partial charge in [-0.05, 0) is 44.2 Å². The van der Waals surface area contributed by atoms with E-state index in [1.54, 1.807) is 53.4 Å². The molecular formula is C19H18N2O3. The van der Waals surface area contributed by atoms with E-state index in [0.29, 0.717) is 35.5 Å². The van der Waals surface area contributed by atoms with E-state index in [0.717, 1.165) is 4.90 Å². The summed E-state index contributed by atoms with van der Waals surface area (Å²) < 4.78 is 0. The number of hydrogen-bond acceptors (Lipinski definition) is 3. The number of nitrogens with zero attached hydrogens (tertiary/aromatic N) is 2. The predicted molar refractivity (Wildman–Crippen MR) is 91.3 cm³/mol. The Bertz CT molecular complexity index is 790. The van der Waals surface area contributed by atoms with Crippen molar-refractivity contribution in [3.63, 3.8) is 0 Å². The lowest BCUT2D eigenvalue weighted by Crippen LogP contribution is -2.32. The van der Waals surface area contributed by atoms with E-state index in [4.69, 9.17) is 0 Å². The first-order valence-corrected chi connectivity index (χ1v) is 7.95. The number of rotatable bonds is 4. The molecule has 0 aliphatic carbocycles. The summed E-state index contributed by atoms with van der Waals surface area (Å²) in [5.74, 6) is -0.829. The van der Waals surface area contributed by atoms with Crippen LogP contribution in [0.3, 0.4) is 0 Å². The number of imide groups is 1. The Morgan fingerprint density at radius 2 is 1.50 bits per heavy atom. The molecule has 1 aliphatic heterocycles. The van der Waals surface area contributed by atoms with Crippen LogP contribution in [0.15, 0.2) is 48.5 Å². The Labute approximate surface area is 140 Å². The van der Waals surface area contributed by atoms with Gasteiger partial charge in [-0.2, -0.15) is 0 Å². The van der Waals surface area contributed by atoms with Crippen LogP contribution in [0.25, 0.3) is 0 Å². The van der Waals surface area contributed by atoms with Gasteiger partial charge in [-0.1, -0.05) is 18.2 Å². The quantitative estimate of drug-likeness (QED) is 0.813. The van der Waals surface area contributed by atoms with Crippen molar-refractivity contribution in [3.8, 4) is 0 Å². The number of amides is 3. The van der Waals surface area contributed by atoms with Gasteiger partial charge in [-0.3, -0.25) is 14.4 Å². The molecule has 0 saturated heterocycles. The van der Waals surface area contributed by atoms with Crippen LogP contribution in [0.4, 0.5) is 5.69 Å². The number of fused-ring (bicyclic) bond motifs is 1. The lowest BCUT2D eigenvalue weighted by Gasteiger charge is -2.20. The van der Waals surface area contributed by atoms with Crippen LogP contribution in [0.2, 0.25) is 0 Å². The second kappa shape index (κ2) is 6.28. The fraction of sp³-hybridized carbons (Fsp3) is 0.211. The van der Waals surface area contributed by atoms with Crippen LogP contribution < -0.4 is 4.90 Å². The summed E-state index contributed by atoms with van der Waals surface area (Å²) in [6, 6.07) is 13.4. The van der Waals surface area contributed by atoms with Crippen molar-refractivity contribution < 1.29 is 14.4 Å². The van der Waals surface area contributed by atoms with Gasteiger partial charge in [0.15, 0.2) is 0 Å². The van der Waals surface area contributed by atoms with Gasteiger partial charge in [0.25, 0.3) is 17.7 Å². The number of anilines is 1. The largest absolute Gasteiger partial charge is 0.339 e. The monoisotopic (exact) mass is 322 g/mol. The predicted octanol–water partition coefficient (Wildman–Crippen LogP) is 2.97. The van der Waals surface area contributed by atoms with Gasteiger partial charge in [0.2, 0.25) is 0 Å². The Hall–Kier alpha value is -2.95. The van der Waals surface area contributed by atoms with Crippen molar-refractivity contribution in [1.29, 1.82) is 0 Å². The molecule has 3 amide bonds. The van der Waals surface area contributed by atoms with Crippen LogP contribution in [0.1, 0.15) is 44.9 Å². The molecule has 0 atom stereocenters. The zero-order chi connectivity index (χ0) is 17.3. The SMILES string of the molecule is CCN(CC)C(=O)c1cccc(N2C(=O)c3ccccc3C2=O)c1. The second-order valence-corrected chi connectivity index (χ2v) is 5.52. The number of carbonyl (C=O) groups is 3. The Kier molecular flexibility index (Phi) is 4.16. The summed E-state index contributed by atoms with van der Waals surface area (Å²) >= 11 is 0. The van der Waals surface area contributed by atoms with E-state index in [9.17, 15) is 14.4 Å². The van der Waals surface area contributed by atoms with Gasteiger partial charge in [-0.15, -0.1) is 0 Å². The third-order valence-corrected chi connectivity index (χ3v) is 4.20. The molecule has 2 aromatic rings. The van der Waals surface area contributed by atoms with Crippen molar-refractivity contribution >= 4 is 23.4 Å². The van der Waals surface area contributed by atoms with Crippen LogP contribution in [0.5, 0.6) is 0 Å². The molecule has 0 radical (unpaired) electrons. The van der Waals surface area contributed by atoms with Gasteiger partial charge in [0.1, 0.15) is 0 Å². The average Bonchev–Trinajstić information content (AvgIpc) is 2.87. The molecule has 122 valence electrons. The lowest BCUT2D eigenvalue weighted by molar-refractivity contribution is 0.0771. The highest BCUT2D eigenvalue weighted by atomic mass is 16.2. The van der Waals surface area contributed by atoms with Gasteiger partial charge in [0.05, 0.1) is 16.8 Å². The van der Waals surface area contributed by atoms with Crippen molar-refractivity contribution in [2.24, 2.45) is 0 Å². The summed E-state index contributed by atoms with van der Waals surface area (Å²) in [5, 5.41) is 0. The smallest absolute Gasteiger partial charge is 0.266 e. The van der Waals surface area contributed by atoms with Crippen molar-refractivity contribution in [1.82, 2.24) is 4.90 Å². The van der Waals surface area contributed by atoms with E-state index < -0.39 is 0 Å². The number of carbonyl (C=O) groups excluding carboxylic acids is 3. The fourth-order valence-electron chi connectivity index (χ4n) is 2.90. The third-order valence-electron chi connectivity index (χ3n) is 4.20. The van der Waals surface area contributed by atoms with Crippen LogP contribution in [-0.2, 0) is 0 Å². The maximum atomic E-state index is 12.5. The minimum atomic E-state index is -0.358. The first-order valence-electron chi connectivity index (χ1n) is 7.95. The molecule has 0 spiro atoms. The average molecular weight is 322 g/mol. The molecule has 0 saturated carbocycles. The molecule has 0 fully saturated rings. The number of hydrogen-bond donors (Lipinski definition) is 0. The Morgan fingerprint density at radius 3 is 2.04 bits per heavy atom. The Balaban J connectivity index is 1.98. The van der Waals surface area contributed by atoms with Crippen molar-refractivity contribution in [3.05, 3.63) is 65.2 Å². The minimum Gasteiger partial charge on any atom is -0.339 e. The van der Waals surface area contributed by atoms with Crippen LogP contribution in [0, 0.1) is 0 Å². The molecule has 1 heterocycles. The highest BCUT2D eigenvalue weighted by Crippen LogP contribution is 2.28. The molecule has 0 bridgehead atoms. The first-order chi connectivity index (χ1) is 11.6. The van der Waals surface area contributed by atoms with Gasteiger partial charge >= 0.3 is 0 Å². The summed E-state index contributed by atoms with van der Waals surface area (Å²) in [6.45, 7) is 5.03. The topological polar surface area (TPSA) is 57.7 Å². The molecule has 0 N–H and O–H groups in total. The fourth-order valence-corrected chi connectivity index (χ4v) is 2.90. The van der Waals surface area contributed by atoms with Crippen molar-refractivity contribution in [2.45, 2.75) is 13.8 Å². The normalized spacial score (nSPS) is 13.2. The van der Waals surface area contributed by atoms with Gasteiger partial charge in [0, 0.05) is 18.7 Å². The van der Waals surface area contributed by atoms with E-state index in [-0.39, 0.29) is 17.7 Å². The van der Waals surface area contributed by atoms with Crippen LogP contribution in [-0.4, -0.2) is 35.7 Å². The second-order valence-electron chi connectivity index (χ2n) is 5.52. The highest BCUT2D eigenvalue weighted by Gasteiger charge is 2.36. The summed E-state index contributed by atoms with van der Waals surface area (Å²) in [4.78, 5) is 40.4. The van der Waals surface area contributed by atoms with Gasteiger partial charge < -0.3 is 4.90 Å². The summed E-state index contributed by atoms with van der Waals surface area (Å²) in [5.41, 5.74) is 1.66. The van der Waals surface area contributed by atoms with E-state index in [1.165, 1.54) is 0 Å². The first kappa shape index (κ1) is 15.9. The van der Waals surface area contributed by atoms with E-state index in [1.807, 2.05) is 13.8 Å². The molecule has 24 heavy (non-hydrogen) atoms. The maximum Gasteiger partial charge on any atom is 0.266 e. The molecule has 5 nitrogen and oxygen atoms in total. The minimum absolute atomic E-state index is 0.113. The third kappa shape index (κ3) is 2.48. The molecule has 1 aliphatic rings. The zero-order valence-corrected chi connectivity index (χ0v) is 13.7. The standard InChI is InChI=1S/C19H18N2O3/c1-3-20(4-2)17(22)13-8-7-9-14(12-13)21-18(23)15-10-5-6-11-16(15)19(21)24/h5-12H,3-4H2,1-2H3. The van der Waals surface area contributed by atoms with Crippen LogP contribution >= 0.6 is 0 Å². The Morgan fingerprint density at radius 1 is 0.917 bits per heavy atom. The van der Waals surface area contributed by atoms with E-state index >= 15 is 0 Å². The molecule has 2 aromatic carbocycles. The highest BCUT2D eigenvalue weighted by molar-refractivity contribution is 6.34. The lowest BCUT2D eigenvalue weighted by atomic mass is 10.1. The number of benzene rings is 2. The van der Waals surface area contributed by atoms with Gasteiger partial charge in [-0.25, -0.2) is 4.90 Å². The van der Waals surface area contributed by atoms with E-state index in [2.05, 4.69) is 0 Å². The molecule has 3 rings (SSSR count). The summed E-state index contributed by atoms with van der Waals surface area (Å²) in [6.07, 6.45) is 0.